The van der Waals surface area contributed by atoms with E-state index in [0.29, 0.717) is 11.3 Å². The summed E-state index contributed by atoms with van der Waals surface area (Å²) in [4.78, 5) is 24.8. The third-order valence-corrected chi connectivity index (χ3v) is 5.02. The number of aromatic nitrogens is 1. The summed E-state index contributed by atoms with van der Waals surface area (Å²) in [6.07, 6.45) is 0. The molecule has 0 aliphatic heterocycles. The Morgan fingerprint density at radius 2 is 1.65 bits per heavy atom. The van der Waals surface area contributed by atoms with Gasteiger partial charge in [-0.15, -0.1) is 0 Å². The Bertz CT molecular complexity index is 1100. The number of hydrogen-bond donors (Lipinski definition) is 2. The molecule has 2 N–H and O–H groups in total. The lowest BCUT2D eigenvalue weighted by atomic mass is 10.1. The van der Waals surface area contributed by atoms with Crippen LogP contribution in [0.1, 0.15) is 32.9 Å². The Morgan fingerprint density at radius 3 is 2.32 bits per heavy atom. The molecule has 0 spiro atoms. The van der Waals surface area contributed by atoms with E-state index in [4.69, 9.17) is 9.47 Å². The van der Waals surface area contributed by atoms with Crippen LogP contribution in [0.2, 0.25) is 0 Å². The van der Waals surface area contributed by atoms with E-state index in [-0.39, 0.29) is 6.61 Å². The van der Waals surface area contributed by atoms with Gasteiger partial charge in [0.05, 0.1) is 12.7 Å². The second kappa shape index (κ2) is 9.38. The molecule has 0 aliphatic rings. The third-order valence-electron chi connectivity index (χ3n) is 5.02. The quantitative estimate of drug-likeness (QED) is 0.597. The number of hydrazine groups is 1. The Morgan fingerprint density at radius 1 is 0.935 bits per heavy atom. The van der Waals surface area contributed by atoms with Gasteiger partial charge in [0.1, 0.15) is 11.5 Å². The highest BCUT2D eigenvalue weighted by molar-refractivity contribution is 5.97. The Labute approximate surface area is 182 Å². The lowest BCUT2D eigenvalue weighted by Gasteiger charge is -2.12. The predicted molar refractivity (Wildman–Crippen MR) is 119 cm³/mol. The molecule has 0 radical (unpaired) electrons. The molecule has 3 rings (SSSR count). The average Bonchev–Trinajstić information content (AvgIpc) is 3.06. The van der Waals surface area contributed by atoms with Crippen LogP contribution in [0.5, 0.6) is 11.5 Å². The van der Waals surface area contributed by atoms with Crippen molar-refractivity contribution >= 4 is 11.8 Å². The zero-order valence-electron chi connectivity index (χ0n) is 18.4. The second-order valence-corrected chi connectivity index (χ2v) is 7.38. The van der Waals surface area contributed by atoms with E-state index in [1.165, 1.54) is 0 Å². The summed E-state index contributed by atoms with van der Waals surface area (Å²) in [5.41, 5.74) is 9.91. The number of rotatable bonds is 6. The largest absolute Gasteiger partial charge is 0.497 e. The fourth-order valence-corrected chi connectivity index (χ4v) is 3.36. The molecule has 2 amide bonds. The maximum absolute atomic E-state index is 12.6. The number of benzene rings is 2. The summed E-state index contributed by atoms with van der Waals surface area (Å²) in [6, 6.07) is 15.1. The fourth-order valence-electron chi connectivity index (χ4n) is 3.36. The number of aryl methyl sites for hydroxylation is 3. The van der Waals surface area contributed by atoms with Crippen molar-refractivity contribution in [3.05, 3.63) is 76.6 Å². The molecule has 0 bridgehead atoms. The molecule has 7 nitrogen and oxygen atoms in total. The minimum absolute atomic E-state index is 0.199. The molecule has 2 aromatic carbocycles. The summed E-state index contributed by atoms with van der Waals surface area (Å²) in [6.45, 7) is 7.44. The molecule has 0 atom stereocenters. The lowest BCUT2D eigenvalue weighted by molar-refractivity contribution is -0.123. The van der Waals surface area contributed by atoms with Gasteiger partial charge < -0.3 is 14.0 Å². The molecule has 31 heavy (non-hydrogen) atoms. The number of ether oxygens (including phenoxy) is 2. The van der Waals surface area contributed by atoms with E-state index in [0.717, 1.165) is 34.0 Å². The Balaban J connectivity index is 1.62. The highest BCUT2D eigenvalue weighted by Gasteiger charge is 2.17. The predicted octanol–water partition coefficient (Wildman–Crippen LogP) is 3.56. The molecule has 1 aromatic heterocycles. The summed E-state index contributed by atoms with van der Waals surface area (Å²) < 4.78 is 12.7. The first-order valence-electron chi connectivity index (χ1n) is 9.92. The first-order chi connectivity index (χ1) is 14.8. The SMILES string of the molecule is COc1ccc(-n2c(C)cc(C(=O)NNC(=O)COc3cc(C)ccc3C)c2C)cc1. The van der Waals surface area contributed by atoms with Gasteiger partial charge in [-0.1, -0.05) is 12.1 Å². The summed E-state index contributed by atoms with van der Waals surface area (Å²) in [5.74, 6) is 0.561. The molecule has 0 fully saturated rings. The average molecular weight is 421 g/mol. The third kappa shape index (κ3) is 5.06. The molecular formula is C24H27N3O4. The van der Waals surface area contributed by atoms with E-state index in [9.17, 15) is 9.59 Å². The zero-order valence-corrected chi connectivity index (χ0v) is 18.4. The van der Waals surface area contributed by atoms with Crippen LogP contribution in [0.3, 0.4) is 0 Å². The smallest absolute Gasteiger partial charge is 0.276 e. The number of hydrogen-bond acceptors (Lipinski definition) is 4. The van der Waals surface area contributed by atoms with Gasteiger partial charge in [0.15, 0.2) is 6.61 Å². The van der Waals surface area contributed by atoms with E-state index in [2.05, 4.69) is 10.9 Å². The van der Waals surface area contributed by atoms with Gasteiger partial charge in [0.25, 0.3) is 11.8 Å². The van der Waals surface area contributed by atoms with Crippen molar-refractivity contribution in [3.63, 3.8) is 0 Å². The topological polar surface area (TPSA) is 81.6 Å². The molecule has 0 aliphatic carbocycles. The van der Waals surface area contributed by atoms with Crippen LogP contribution in [-0.4, -0.2) is 30.1 Å². The van der Waals surface area contributed by atoms with Crippen molar-refractivity contribution in [2.45, 2.75) is 27.7 Å². The molecule has 0 saturated carbocycles. The first kappa shape index (κ1) is 22.0. The van der Waals surface area contributed by atoms with Gasteiger partial charge in [-0.25, -0.2) is 0 Å². The number of amides is 2. The van der Waals surface area contributed by atoms with E-state index in [1.807, 2.05) is 74.7 Å². The first-order valence-corrected chi connectivity index (χ1v) is 9.92. The number of nitrogens with zero attached hydrogens (tertiary/aromatic N) is 1. The van der Waals surface area contributed by atoms with E-state index < -0.39 is 11.8 Å². The highest BCUT2D eigenvalue weighted by Crippen LogP contribution is 2.23. The minimum atomic E-state index is -0.446. The van der Waals surface area contributed by atoms with Crippen LogP contribution in [-0.2, 0) is 4.79 Å². The normalized spacial score (nSPS) is 10.5. The summed E-state index contributed by atoms with van der Waals surface area (Å²) >= 11 is 0. The minimum Gasteiger partial charge on any atom is -0.497 e. The fraction of sp³-hybridized carbons (Fsp3) is 0.250. The maximum Gasteiger partial charge on any atom is 0.276 e. The number of carbonyl (C=O) groups excluding carboxylic acids is 2. The van der Waals surface area contributed by atoms with Crippen LogP contribution in [0.15, 0.2) is 48.5 Å². The van der Waals surface area contributed by atoms with Gasteiger partial charge in [0, 0.05) is 17.1 Å². The number of carbonyl (C=O) groups is 2. The van der Waals surface area contributed by atoms with E-state index >= 15 is 0 Å². The summed E-state index contributed by atoms with van der Waals surface area (Å²) in [5, 5.41) is 0. The van der Waals surface area contributed by atoms with Crippen molar-refractivity contribution in [2.75, 3.05) is 13.7 Å². The molecular weight excluding hydrogens is 394 g/mol. The molecule has 7 heteroatoms. The van der Waals surface area contributed by atoms with Gasteiger partial charge in [0.2, 0.25) is 0 Å². The lowest BCUT2D eigenvalue weighted by Crippen LogP contribution is -2.44. The van der Waals surface area contributed by atoms with Crippen LogP contribution in [0.4, 0.5) is 0 Å². The number of methoxy groups -OCH3 is 1. The number of nitrogens with one attached hydrogen (secondary N) is 2. The van der Waals surface area contributed by atoms with Crippen molar-refractivity contribution in [1.82, 2.24) is 15.4 Å². The van der Waals surface area contributed by atoms with Crippen LogP contribution < -0.4 is 20.3 Å². The molecule has 0 unspecified atom stereocenters. The van der Waals surface area contributed by atoms with Crippen molar-refractivity contribution in [3.8, 4) is 17.2 Å². The Kier molecular flexibility index (Phi) is 6.65. The summed E-state index contributed by atoms with van der Waals surface area (Å²) in [7, 11) is 1.62. The molecule has 162 valence electrons. The van der Waals surface area contributed by atoms with Gasteiger partial charge >= 0.3 is 0 Å². The molecule has 3 aromatic rings. The van der Waals surface area contributed by atoms with Crippen molar-refractivity contribution in [2.24, 2.45) is 0 Å². The van der Waals surface area contributed by atoms with Crippen LogP contribution in [0.25, 0.3) is 5.69 Å². The van der Waals surface area contributed by atoms with E-state index in [1.54, 1.807) is 13.2 Å². The van der Waals surface area contributed by atoms with Gasteiger partial charge in [-0.05, 0) is 75.2 Å². The van der Waals surface area contributed by atoms with Crippen molar-refractivity contribution in [1.29, 1.82) is 0 Å². The maximum atomic E-state index is 12.6. The van der Waals surface area contributed by atoms with Crippen molar-refractivity contribution < 1.29 is 19.1 Å². The van der Waals surface area contributed by atoms with Gasteiger partial charge in [-0.3, -0.25) is 20.4 Å². The standard InChI is InChI=1S/C24H27N3O4/c1-15-6-7-16(2)22(12-15)31-14-23(28)25-26-24(29)21-13-17(3)27(18(21)4)19-8-10-20(30-5)11-9-19/h6-13H,14H2,1-5H3,(H,25,28)(H,26,29). The molecule has 1 heterocycles. The van der Waals surface area contributed by atoms with Crippen LogP contribution >= 0.6 is 0 Å². The Hall–Kier alpha value is -3.74. The highest BCUT2D eigenvalue weighted by atomic mass is 16.5. The molecule has 0 saturated heterocycles. The monoisotopic (exact) mass is 421 g/mol. The zero-order chi connectivity index (χ0) is 22.5. The van der Waals surface area contributed by atoms with Crippen LogP contribution in [0, 0.1) is 27.7 Å². The second-order valence-electron chi connectivity index (χ2n) is 7.38. The van der Waals surface area contributed by atoms with Gasteiger partial charge in [-0.2, -0.15) is 0 Å².